The summed E-state index contributed by atoms with van der Waals surface area (Å²) in [7, 11) is 0. The third-order valence-electron chi connectivity index (χ3n) is 4.61. The maximum Gasteiger partial charge on any atom is 0.326 e. The van der Waals surface area contributed by atoms with Gasteiger partial charge in [0.05, 0.1) is 31.1 Å². The third-order valence-corrected chi connectivity index (χ3v) is 4.61. The van der Waals surface area contributed by atoms with Crippen molar-refractivity contribution >= 4 is 11.8 Å². The molecule has 1 fully saturated rings. The molecular weight excluding hydrogens is 284 g/mol. The van der Waals surface area contributed by atoms with E-state index in [-0.39, 0.29) is 31.7 Å². The summed E-state index contributed by atoms with van der Waals surface area (Å²) >= 11 is 0. The number of carbonyl (C=O) groups excluding carboxylic acids is 2. The van der Waals surface area contributed by atoms with E-state index in [2.05, 4.69) is 6.07 Å². The van der Waals surface area contributed by atoms with E-state index in [1.807, 2.05) is 6.07 Å². The van der Waals surface area contributed by atoms with Crippen LogP contribution in [0.5, 0.6) is 0 Å². The first-order valence-corrected chi connectivity index (χ1v) is 7.38. The van der Waals surface area contributed by atoms with Crippen molar-refractivity contribution in [3.63, 3.8) is 0 Å². The summed E-state index contributed by atoms with van der Waals surface area (Å²) in [5.74, 6) is -1.33. The van der Waals surface area contributed by atoms with Crippen LogP contribution in [-0.4, -0.2) is 25.0 Å². The van der Waals surface area contributed by atoms with Crippen LogP contribution in [-0.2, 0) is 19.1 Å². The summed E-state index contributed by atoms with van der Waals surface area (Å²) in [4.78, 5) is 24.8. The molecule has 0 N–H and O–H groups in total. The van der Waals surface area contributed by atoms with Gasteiger partial charge in [-0.2, -0.15) is 10.5 Å². The molecule has 0 spiro atoms. The van der Waals surface area contributed by atoms with Crippen molar-refractivity contribution < 1.29 is 19.1 Å². The molecule has 0 radical (unpaired) electrons. The lowest BCUT2D eigenvalue weighted by Crippen LogP contribution is -2.45. The van der Waals surface area contributed by atoms with Crippen molar-refractivity contribution in [2.75, 3.05) is 13.2 Å². The van der Waals surface area contributed by atoms with Crippen LogP contribution < -0.4 is 0 Å². The van der Waals surface area contributed by atoms with E-state index in [9.17, 15) is 20.1 Å². The zero-order valence-corrected chi connectivity index (χ0v) is 12.7. The molecule has 0 aromatic heterocycles. The molecule has 0 aliphatic heterocycles. The Kier molecular flexibility index (Phi) is 4.23. The molecule has 1 saturated carbocycles. The molecule has 0 unspecified atom stereocenters. The van der Waals surface area contributed by atoms with Crippen molar-refractivity contribution in [3.8, 4) is 12.1 Å². The number of allylic oxidation sites excluding steroid dienone is 2. The number of hydrogen-bond acceptors (Lipinski definition) is 6. The Labute approximate surface area is 129 Å². The molecule has 0 bridgehead atoms. The molecule has 2 rings (SSSR count). The predicted molar refractivity (Wildman–Crippen MR) is 74.8 cm³/mol. The van der Waals surface area contributed by atoms with Gasteiger partial charge in [-0.25, -0.2) is 0 Å². The second kappa shape index (κ2) is 5.81. The normalized spacial score (nSPS) is 33.2. The molecule has 3 atom stereocenters. The molecule has 0 aromatic rings. The van der Waals surface area contributed by atoms with E-state index >= 15 is 0 Å². The van der Waals surface area contributed by atoms with Crippen LogP contribution in [0.4, 0.5) is 0 Å². The standard InChI is InChI=1S/C16H18N2O4/c1-3-21-11-7-12-15(9-17,13(19)8-11)5-6-16(12,10-18)14(20)22-4-2/h8,12H,3-7H2,1-2H3/t12-,15-,16+/m1/s1. The Morgan fingerprint density at radius 3 is 2.59 bits per heavy atom. The van der Waals surface area contributed by atoms with Crippen molar-refractivity contribution in [2.45, 2.75) is 33.1 Å². The maximum atomic E-state index is 12.5. The number of ketones is 1. The molecule has 116 valence electrons. The summed E-state index contributed by atoms with van der Waals surface area (Å²) in [5.41, 5.74) is -2.79. The topological polar surface area (TPSA) is 100 Å². The number of carbonyl (C=O) groups is 2. The van der Waals surface area contributed by atoms with E-state index in [0.717, 1.165) is 0 Å². The van der Waals surface area contributed by atoms with Gasteiger partial charge in [0.1, 0.15) is 5.41 Å². The summed E-state index contributed by atoms with van der Waals surface area (Å²) < 4.78 is 10.4. The zero-order valence-electron chi connectivity index (χ0n) is 12.7. The van der Waals surface area contributed by atoms with Gasteiger partial charge in [0, 0.05) is 18.4 Å². The minimum atomic E-state index is -1.46. The van der Waals surface area contributed by atoms with Gasteiger partial charge in [-0.1, -0.05) is 0 Å². The lowest BCUT2D eigenvalue weighted by Gasteiger charge is -2.36. The van der Waals surface area contributed by atoms with Crippen LogP contribution in [0.3, 0.4) is 0 Å². The number of esters is 1. The Morgan fingerprint density at radius 1 is 1.32 bits per heavy atom. The van der Waals surface area contributed by atoms with Gasteiger partial charge in [-0.3, -0.25) is 9.59 Å². The summed E-state index contributed by atoms with van der Waals surface area (Å²) in [5, 5.41) is 19.2. The van der Waals surface area contributed by atoms with Crippen molar-refractivity contribution in [1.82, 2.24) is 0 Å². The number of nitriles is 2. The van der Waals surface area contributed by atoms with E-state index in [1.54, 1.807) is 13.8 Å². The number of hydrogen-bond donors (Lipinski definition) is 0. The van der Waals surface area contributed by atoms with E-state index < -0.39 is 22.7 Å². The average Bonchev–Trinajstić information content (AvgIpc) is 2.84. The Bertz CT molecular complexity index is 613. The van der Waals surface area contributed by atoms with Crippen LogP contribution in [0.1, 0.15) is 33.1 Å². The Hall–Kier alpha value is -2.34. The molecule has 6 nitrogen and oxygen atoms in total. The lowest BCUT2D eigenvalue weighted by molar-refractivity contribution is -0.155. The molecule has 22 heavy (non-hydrogen) atoms. The van der Waals surface area contributed by atoms with E-state index in [0.29, 0.717) is 12.4 Å². The summed E-state index contributed by atoms with van der Waals surface area (Å²) in [6.07, 6.45) is 1.90. The lowest BCUT2D eigenvalue weighted by atomic mass is 9.63. The Morgan fingerprint density at radius 2 is 2.05 bits per heavy atom. The number of ether oxygens (including phenoxy) is 2. The first-order chi connectivity index (χ1) is 10.5. The van der Waals surface area contributed by atoms with Gasteiger partial charge in [-0.05, 0) is 26.7 Å². The molecule has 0 aromatic carbocycles. The highest BCUT2D eigenvalue weighted by atomic mass is 16.5. The monoisotopic (exact) mass is 302 g/mol. The number of fused-ring (bicyclic) bond motifs is 1. The minimum absolute atomic E-state index is 0.149. The largest absolute Gasteiger partial charge is 0.498 e. The highest BCUT2D eigenvalue weighted by molar-refractivity contribution is 6.00. The second-order valence-electron chi connectivity index (χ2n) is 5.55. The zero-order chi connectivity index (χ0) is 16.4. The molecule has 0 heterocycles. The quantitative estimate of drug-likeness (QED) is 0.735. The van der Waals surface area contributed by atoms with Gasteiger partial charge in [0.25, 0.3) is 0 Å². The predicted octanol–water partition coefficient (Wildman–Crippen LogP) is 1.87. The first-order valence-electron chi connectivity index (χ1n) is 7.38. The van der Waals surface area contributed by atoms with Crippen LogP contribution >= 0.6 is 0 Å². The highest BCUT2D eigenvalue weighted by Gasteiger charge is 2.66. The van der Waals surface area contributed by atoms with Gasteiger partial charge in [0.15, 0.2) is 11.2 Å². The third kappa shape index (κ3) is 2.07. The molecule has 0 saturated heterocycles. The molecule has 6 heteroatoms. The van der Waals surface area contributed by atoms with Crippen LogP contribution in [0.2, 0.25) is 0 Å². The van der Waals surface area contributed by atoms with Gasteiger partial charge >= 0.3 is 5.97 Å². The smallest absolute Gasteiger partial charge is 0.326 e. The fourth-order valence-corrected chi connectivity index (χ4v) is 3.50. The molecular formula is C16H18N2O4. The fourth-order valence-electron chi connectivity index (χ4n) is 3.50. The van der Waals surface area contributed by atoms with Crippen molar-refractivity contribution in [1.29, 1.82) is 10.5 Å². The van der Waals surface area contributed by atoms with E-state index in [4.69, 9.17) is 9.47 Å². The number of nitrogens with zero attached hydrogens (tertiary/aromatic N) is 2. The molecule has 2 aliphatic rings. The first kappa shape index (κ1) is 16.0. The summed E-state index contributed by atoms with van der Waals surface area (Å²) in [6, 6.07) is 4.11. The van der Waals surface area contributed by atoms with Crippen molar-refractivity contribution in [2.24, 2.45) is 16.7 Å². The van der Waals surface area contributed by atoms with Gasteiger partial charge < -0.3 is 9.47 Å². The van der Waals surface area contributed by atoms with Gasteiger partial charge in [-0.15, -0.1) is 0 Å². The van der Waals surface area contributed by atoms with Crippen LogP contribution in [0, 0.1) is 39.4 Å². The molecule has 2 aliphatic carbocycles. The molecule has 0 amide bonds. The van der Waals surface area contributed by atoms with E-state index in [1.165, 1.54) is 6.08 Å². The maximum absolute atomic E-state index is 12.5. The highest BCUT2D eigenvalue weighted by Crippen LogP contribution is 2.59. The minimum Gasteiger partial charge on any atom is -0.498 e. The second-order valence-corrected chi connectivity index (χ2v) is 5.55. The summed E-state index contributed by atoms with van der Waals surface area (Å²) in [6.45, 7) is 3.98. The van der Waals surface area contributed by atoms with Crippen LogP contribution in [0.15, 0.2) is 11.8 Å². The fraction of sp³-hybridized carbons (Fsp3) is 0.625. The van der Waals surface area contributed by atoms with Crippen molar-refractivity contribution in [3.05, 3.63) is 11.8 Å². The Balaban J connectivity index is 2.50. The van der Waals surface area contributed by atoms with Gasteiger partial charge in [0.2, 0.25) is 0 Å². The number of rotatable bonds is 4. The van der Waals surface area contributed by atoms with Crippen LogP contribution in [0.25, 0.3) is 0 Å². The average molecular weight is 302 g/mol. The SMILES string of the molecule is CCOC(=O)[C@]1(C#N)CC[C@]2(C#N)C(=O)C=C(OCC)C[C@@H]12.